The van der Waals surface area contributed by atoms with Gasteiger partial charge in [-0.15, -0.1) is 0 Å². The molecule has 0 aromatic rings. The molecule has 0 saturated carbocycles. The zero-order chi connectivity index (χ0) is 55.6. The van der Waals surface area contributed by atoms with Crippen molar-refractivity contribution in [2.45, 2.75) is 225 Å². The topological polar surface area (TPSA) is 108 Å². The number of ether oxygens (including phenoxy) is 2. The number of unbranched alkanes of at least 4 members (excludes halogenated alkanes) is 17. The van der Waals surface area contributed by atoms with E-state index in [1.165, 1.54) is 77.0 Å². The lowest BCUT2D eigenvalue weighted by Crippen LogP contribution is -2.37. The van der Waals surface area contributed by atoms with E-state index in [0.29, 0.717) is 17.4 Å². The third-order valence-corrected chi connectivity index (χ3v) is 13.1. The number of phosphoric acid groups is 1. The molecule has 0 aliphatic rings. The summed E-state index contributed by atoms with van der Waals surface area (Å²) in [4.78, 5) is 35.7. The Morgan fingerprint density at radius 1 is 0.421 bits per heavy atom. The second kappa shape index (κ2) is 55.9. The summed E-state index contributed by atoms with van der Waals surface area (Å²) in [5.41, 5.74) is 0. The maximum atomic E-state index is 12.8. The molecule has 0 aromatic heterocycles. The molecule has 10 heteroatoms. The van der Waals surface area contributed by atoms with Crippen molar-refractivity contribution < 1.29 is 42.1 Å². The molecule has 0 amide bonds. The van der Waals surface area contributed by atoms with Gasteiger partial charge in [-0.1, -0.05) is 225 Å². The second-order valence-corrected chi connectivity index (χ2v) is 22.1. The van der Waals surface area contributed by atoms with Gasteiger partial charge in [-0.05, 0) is 116 Å². The van der Waals surface area contributed by atoms with Crippen molar-refractivity contribution in [2.24, 2.45) is 0 Å². The number of hydrogen-bond donors (Lipinski definition) is 1. The number of carbonyl (C=O) groups excluding carboxylic acids is 2. The predicted octanol–water partition coefficient (Wildman–Crippen LogP) is 18.9. The Kier molecular flexibility index (Phi) is 53.1. The van der Waals surface area contributed by atoms with E-state index in [9.17, 15) is 19.0 Å². The smallest absolute Gasteiger partial charge is 0.462 e. The van der Waals surface area contributed by atoms with E-state index < -0.39 is 26.5 Å². The van der Waals surface area contributed by atoms with Crippen molar-refractivity contribution in [3.8, 4) is 0 Å². The minimum absolute atomic E-state index is 0.0145. The molecule has 0 radical (unpaired) electrons. The highest BCUT2D eigenvalue weighted by atomic mass is 31.2. The fraction of sp³-hybridized carbons (Fsp3) is 0.636. The van der Waals surface area contributed by atoms with Crippen LogP contribution in [-0.2, 0) is 32.7 Å². The first-order valence-electron chi connectivity index (χ1n) is 29.9. The summed E-state index contributed by atoms with van der Waals surface area (Å²) in [6.45, 7) is 4.24. The van der Waals surface area contributed by atoms with Crippen LogP contribution in [0.4, 0.5) is 0 Å². The van der Waals surface area contributed by atoms with Crippen molar-refractivity contribution >= 4 is 19.8 Å². The van der Waals surface area contributed by atoms with Crippen LogP contribution < -0.4 is 0 Å². The van der Waals surface area contributed by atoms with E-state index >= 15 is 0 Å². The summed E-state index contributed by atoms with van der Waals surface area (Å²) in [5, 5.41) is 0. The highest BCUT2D eigenvalue weighted by Gasteiger charge is 2.27. The third-order valence-electron chi connectivity index (χ3n) is 12.2. The molecule has 0 bridgehead atoms. The Labute approximate surface area is 466 Å². The van der Waals surface area contributed by atoms with Crippen LogP contribution in [0.2, 0.25) is 0 Å². The van der Waals surface area contributed by atoms with Gasteiger partial charge in [0.25, 0.3) is 0 Å². The van der Waals surface area contributed by atoms with E-state index in [-0.39, 0.29) is 32.0 Å². The van der Waals surface area contributed by atoms with Gasteiger partial charge in [-0.25, -0.2) is 4.57 Å². The van der Waals surface area contributed by atoms with Crippen LogP contribution in [0.1, 0.15) is 219 Å². The molecule has 9 nitrogen and oxygen atoms in total. The lowest BCUT2D eigenvalue weighted by atomic mass is 10.1. The molecule has 76 heavy (non-hydrogen) atoms. The zero-order valence-electron chi connectivity index (χ0n) is 48.9. The molecule has 0 aliphatic carbocycles. The number of allylic oxidation sites excluding steroid dienone is 22. The summed E-state index contributed by atoms with van der Waals surface area (Å²) >= 11 is 0. The number of esters is 2. The zero-order valence-corrected chi connectivity index (χ0v) is 49.8. The highest BCUT2D eigenvalue weighted by molar-refractivity contribution is 7.47. The van der Waals surface area contributed by atoms with E-state index in [1.54, 1.807) is 0 Å². The van der Waals surface area contributed by atoms with Crippen molar-refractivity contribution in [1.82, 2.24) is 0 Å². The van der Waals surface area contributed by atoms with Crippen LogP contribution in [0.3, 0.4) is 0 Å². The quantitative estimate of drug-likeness (QED) is 0.0211. The molecule has 1 N–H and O–H groups in total. The minimum atomic E-state index is -4.41. The number of likely N-dealkylation sites (N-methyl/N-ethyl adjacent to an activating group) is 1. The summed E-state index contributed by atoms with van der Waals surface area (Å²) in [7, 11) is 1.43. The SMILES string of the molecule is CC/C=C\C/C=C\C/C=C\C/C=C\C/C=C\C/C=C\C/C=C\C/C=C\CCCCC(=O)OC(COC(=O)CCCCCCCCCCCC/C=C\C/C=C\C/C=C\CCCCCCC)COP(=O)(O)OCC[N+](C)(C)C. The van der Waals surface area contributed by atoms with E-state index in [2.05, 4.69) is 148 Å². The molecular formula is C66H111NO8P+. The second-order valence-electron chi connectivity index (χ2n) is 20.6. The number of hydrogen-bond acceptors (Lipinski definition) is 7. The Balaban J connectivity index is 4.30. The van der Waals surface area contributed by atoms with Gasteiger partial charge in [-0.2, -0.15) is 0 Å². The van der Waals surface area contributed by atoms with E-state index in [4.69, 9.17) is 18.5 Å². The van der Waals surface area contributed by atoms with Gasteiger partial charge in [0.05, 0.1) is 27.7 Å². The largest absolute Gasteiger partial charge is 0.472 e. The van der Waals surface area contributed by atoms with Crippen LogP contribution in [0.25, 0.3) is 0 Å². The molecule has 0 aliphatic heterocycles. The van der Waals surface area contributed by atoms with Gasteiger partial charge < -0.3 is 18.9 Å². The van der Waals surface area contributed by atoms with Crippen LogP contribution in [0, 0.1) is 0 Å². The highest BCUT2D eigenvalue weighted by Crippen LogP contribution is 2.43. The standard InChI is InChI=1S/C66H110NO8P/c1-6-8-10-12-14-16-18-20-22-24-26-28-30-32-33-35-37-39-41-43-45-47-49-51-53-55-57-59-66(69)75-64(63-74-76(70,71)73-61-60-67(3,4)5)62-72-65(68)58-56-54-52-50-48-46-44-42-40-38-36-34-31-29-27-25-23-21-19-17-15-13-11-9-7-2/h8,10,14,16,19-22,25-28,31-34,37,39,43,45,49,51,64H,6-7,9,11-13,15,17-18,23-24,29-30,35-36,38,40-42,44,46-48,50,52-63H2,1-5H3/p+1/b10-8-,16-14-,21-19-,22-20-,27-25-,28-26-,33-32-,34-31-,39-37-,45-43-,51-49-. The number of nitrogens with zero attached hydrogens (tertiary/aromatic N) is 1. The fourth-order valence-corrected chi connectivity index (χ4v) is 8.31. The molecule has 0 aromatic carbocycles. The Bertz CT molecular complexity index is 1740. The molecule has 2 unspecified atom stereocenters. The number of quaternary nitrogens is 1. The summed E-state index contributed by atoms with van der Waals surface area (Å²) in [6, 6.07) is 0. The summed E-state index contributed by atoms with van der Waals surface area (Å²) < 4.78 is 34.5. The maximum absolute atomic E-state index is 12.8. The molecule has 0 rings (SSSR count). The molecular weight excluding hydrogens is 966 g/mol. The molecule has 0 heterocycles. The average molecular weight is 1080 g/mol. The Morgan fingerprint density at radius 2 is 0.750 bits per heavy atom. The Hall–Kier alpha value is -3.85. The predicted molar refractivity (Wildman–Crippen MR) is 325 cm³/mol. The Morgan fingerprint density at radius 3 is 1.14 bits per heavy atom. The third kappa shape index (κ3) is 59.4. The van der Waals surface area contributed by atoms with Gasteiger partial charge >= 0.3 is 19.8 Å². The number of rotatable bonds is 53. The number of carbonyl (C=O) groups is 2. The molecule has 0 saturated heterocycles. The normalized spacial score (nSPS) is 14.2. The summed E-state index contributed by atoms with van der Waals surface area (Å²) in [5.74, 6) is -0.862. The molecule has 2 atom stereocenters. The van der Waals surface area contributed by atoms with E-state index in [1.807, 2.05) is 21.1 Å². The monoisotopic (exact) mass is 1080 g/mol. The first kappa shape index (κ1) is 72.2. The van der Waals surface area contributed by atoms with E-state index in [0.717, 1.165) is 109 Å². The lowest BCUT2D eigenvalue weighted by molar-refractivity contribution is -0.870. The first-order valence-corrected chi connectivity index (χ1v) is 31.4. The van der Waals surface area contributed by atoms with Crippen molar-refractivity contribution in [1.29, 1.82) is 0 Å². The van der Waals surface area contributed by atoms with Crippen LogP contribution in [0.15, 0.2) is 134 Å². The minimum Gasteiger partial charge on any atom is -0.462 e. The molecule has 0 spiro atoms. The van der Waals surface area contributed by atoms with Crippen molar-refractivity contribution in [3.05, 3.63) is 134 Å². The van der Waals surface area contributed by atoms with Crippen molar-refractivity contribution in [2.75, 3.05) is 47.5 Å². The average Bonchev–Trinajstić information content (AvgIpc) is 3.38. The van der Waals surface area contributed by atoms with Crippen LogP contribution >= 0.6 is 7.82 Å². The van der Waals surface area contributed by atoms with Gasteiger partial charge in [0, 0.05) is 12.8 Å². The molecule has 432 valence electrons. The lowest BCUT2D eigenvalue weighted by Gasteiger charge is -2.24. The van der Waals surface area contributed by atoms with Gasteiger partial charge in [0.1, 0.15) is 19.8 Å². The molecule has 0 fully saturated rings. The van der Waals surface area contributed by atoms with Gasteiger partial charge in [0.15, 0.2) is 6.10 Å². The van der Waals surface area contributed by atoms with Crippen LogP contribution in [0.5, 0.6) is 0 Å². The fourth-order valence-electron chi connectivity index (χ4n) is 7.57. The van der Waals surface area contributed by atoms with Crippen LogP contribution in [-0.4, -0.2) is 74.9 Å². The van der Waals surface area contributed by atoms with Gasteiger partial charge in [0.2, 0.25) is 0 Å². The van der Waals surface area contributed by atoms with Crippen molar-refractivity contribution in [3.63, 3.8) is 0 Å². The number of phosphoric ester groups is 1. The summed E-state index contributed by atoms with van der Waals surface area (Å²) in [6.07, 6.45) is 80.9. The maximum Gasteiger partial charge on any atom is 0.472 e. The van der Waals surface area contributed by atoms with Gasteiger partial charge in [-0.3, -0.25) is 18.6 Å². The first-order chi connectivity index (χ1) is 37.0.